The maximum absolute atomic E-state index is 14.1. The van der Waals surface area contributed by atoms with Crippen LogP contribution in [0.5, 0.6) is 5.75 Å². The number of allylic oxidation sites excluding steroid dienone is 1. The normalized spacial score (nSPS) is 18.0. The lowest BCUT2D eigenvalue weighted by atomic mass is 9.90. The Balaban J connectivity index is 1.52. The highest BCUT2D eigenvalue weighted by atomic mass is 32.1. The number of likely N-dealkylation sites (N-methyl/N-ethyl adjacent to an activating group) is 1. The maximum atomic E-state index is 14.1. The molecular weight excluding hydrogens is 540 g/mol. The fourth-order valence-corrected chi connectivity index (χ4v) is 6.57. The van der Waals surface area contributed by atoms with E-state index in [9.17, 15) is 9.59 Å². The highest BCUT2D eigenvalue weighted by Crippen LogP contribution is 2.40. The summed E-state index contributed by atoms with van der Waals surface area (Å²) in [4.78, 5) is 37.2. The van der Waals surface area contributed by atoms with E-state index < -0.39 is 12.0 Å². The molecule has 0 N–H and O–H groups in total. The van der Waals surface area contributed by atoms with Crippen molar-refractivity contribution in [1.82, 2.24) is 9.47 Å². The minimum absolute atomic E-state index is 0.202. The number of aromatic nitrogens is 1. The summed E-state index contributed by atoms with van der Waals surface area (Å²) in [7, 11) is 3.70. The Hall–Kier alpha value is -4.15. The quantitative estimate of drug-likeness (QED) is 0.328. The molecule has 1 atom stereocenters. The van der Waals surface area contributed by atoms with Gasteiger partial charge in [0.25, 0.3) is 5.56 Å². The van der Waals surface area contributed by atoms with Crippen LogP contribution in [0, 0.1) is 0 Å². The maximum Gasteiger partial charge on any atom is 0.338 e. The van der Waals surface area contributed by atoms with Gasteiger partial charge in [-0.1, -0.05) is 41.7 Å². The highest BCUT2D eigenvalue weighted by molar-refractivity contribution is 7.07. The van der Waals surface area contributed by atoms with Gasteiger partial charge >= 0.3 is 5.97 Å². The Bertz CT molecular complexity index is 1840. The third-order valence-electron chi connectivity index (χ3n) is 7.64. The lowest BCUT2D eigenvalue weighted by molar-refractivity contribution is -0.139. The zero-order valence-electron chi connectivity index (χ0n) is 23.5. The van der Waals surface area contributed by atoms with Crippen LogP contribution in [0.1, 0.15) is 31.2 Å². The largest absolute Gasteiger partial charge is 0.496 e. The third kappa shape index (κ3) is 4.87. The number of methoxy groups -OCH3 is 1. The molecule has 41 heavy (non-hydrogen) atoms. The summed E-state index contributed by atoms with van der Waals surface area (Å²) in [5, 5.41) is 1.85. The number of ether oxygens (including phenoxy) is 2. The van der Waals surface area contributed by atoms with Gasteiger partial charge < -0.3 is 23.7 Å². The molecule has 0 aliphatic carbocycles. The van der Waals surface area contributed by atoms with E-state index in [0.717, 1.165) is 42.8 Å². The second kappa shape index (κ2) is 11.0. The van der Waals surface area contributed by atoms with Crippen molar-refractivity contribution in [2.75, 3.05) is 51.8 Å². The van der Waals surface area contributed by atoms with Gasteiger partial charge in [0, 0.05) is 43.9 Å². The molecule has 0 spiro atoms. The third-order valence-corrected chi connectivity index (χ3v) is 8.62. The molecule has 2 aromatic carbocycles. The van der Waals surface area contributed by atoms with Crippen LogP contribution < -0.4 is 24.5 Å². The van der Waals surface area contributed by atoms with Crippen molar-refractivity contribution >= 4 is 40.0 Å². The van der Waals surface area contributed by atoms with E-state index in [1.807, 2.05) is 48.5 Å². The van der Waals surface area contributed by atoms with Gasteiger partial charge in [-0.05, 0) is 43.8 Å². The van der Waals surface area contributed by atoms with Crippen LogP contribution >= 0.6 is 11.3 Å². The first-order chi connectivity index (χ1) is 19.9. The first-order valence-electron chi connectivity index (χ1n) is 13.7. The predicted octanol–water partition coefficient (Wildman–Crippen LogP) is 3.30. The van der Waals surface area contributed by atoms with Crippen LogP contribution in [0.2, 0.25) is 0 Å². The zero-order chi connectivity index (χ0) is 28.7. The number of carbonyl (C=O) groups excluding carboxylic acids is 1. The van der Waals surface area contributed by atoms with Gasteiger partial charge in [-0.2, -0.15) is 0 Å². The van der Waals surface area contributed by atoms with E-state index in [2.05, 4.69) is 16.8 Å². The molecule has 1 saturated heterocycles. The molecule has 0 radical (unpaired) electrons. The number of benzene rings is 2. The average molecular weight is 573 g/mol. The van der Waals surface area contributed by atoms with Gasteiger partial charge in [0.05, 0.1) is 29.5 Å². The number of furan rings is 1. The Morgan fingerprint density at radius 3 is 2.66 bits per heavy atom. The van der Waals surface area contributed by atoms with E-state index in [0.29, 0.717) is 37.7 Å². The number of esters is 1. The fraction of sp³-hybridized carbons (Fsp3) is 0.323. The van der Waals surface area contributed by atoms with Crippen molar-refractivity contribution in [3.63, 3.8) is 0 Å². The first kappa shape index (κ1) is 27.0. The number of fused-ring (bicyclic) bond motifs is 2. The van der Waals surface area contributed by atoms with E-state index in [-0.39, 0.29) is 12.2 Å². The standard InChI is InChI=1S/C31H32N4O5S/c1-5-39-30(37)26-19(2)32-31-35(28(26)27-22-9-7-6-8-20(22)10-12-23(27)38-4)29(36)24(41-31)18-21-11-13-25(40-21)34-16-14-33(3)15-17-34/h6-13,18,28H,5,14-17H2,1-4H3/b24-18+/t28-/m1/s1. The van der Waals surface area contributed by atoms with E-state index in [4.69, 9.17) is 18.9 Å². The van der Waals surface area contributed by atoms with E-state index in [1.54, 1.807) is 31.6 Å². The van der Waals surface area contributed by atoms with Crippen molar-refractivity contribution in [2.24, 2.45) is 4.99 Å². The summed E-state index contributed by atoms with van der Waals surface area (Å²) >= 11 is 1.27. The molecule has 6 rings (SSSR count). The summed E-state index contributed by atoms with van der Waals surface area (Å²) < 4.78 is 19.5. The number of hydrogen-bond donors (Lipinski definition) is 0. The van der Waals surface area contributed by atoms with Gasteiger partial charge in [0.2, 0.25) is 0 Å². The minimum atomic E-state index is -0.786. The van der Waals surface area contributed by atoms with Gasteiger partial charge in [-0.3, -0.25) is 9.36 Å². The molecule has 10 heteroatoms. The molecule has 9 nitrogen and oxygen atoms in total. The fourth-order valence-electron chi connectivity index (χ4n) is 5.55. The van der Waals surface area contributed by atoms with Crippen LogP contribution in [0.15, 0.2) is 74.0 Å². The molecule has 0 unspecified atom stereocenters. The lowest BCUT2D eigenvalue weighted by Gasteiger charge is -2.32. The minimum Gasteiger partial charge on any atom is -0.496 e. The Morgan fingerprint density at radius 1 is 1.12 bits per heavy atom. The predicted molar refractivity (Wildman–Crippen MR) is 159 cm³/mol. The van der Waals surface area contributed by atoms with E-state index >= 15 is 0 Å². The van der Waals surface area contributed by atoms with Crippen molar-refractivity contribution in [3.05, 3.63) is 90.8 Å². The number of anilines is 1. The summed E-state index contributed by atoms with van der Waals surface area (Å²) in [5.74, 6) is 1.44. The average Bonchev–Trinajstić information content (AvgIpc) is 3.56. The molecule has 2 aliphatic rings. The smallest absolute Gasteiger partial charge is 0.338 e. The molecule has 2 aliphatic heterocycles. The van der Waals surface area contributed by atoms with Crippen molar-refractivity contribution in [2.45, 2.75) is 19.9 Å². The van der Waals surface area contributed by atoms with Crippen molar-refractivity contribution in [3.8, 4) is 5.75 Å². The topological polar surface area (TPSA) is 89.5 Å². The Kier molecular flexibility index (Phi) is 7.27. The van der Waals surface area contributed by atoms with Crippen molar-refractivity contribution in [1.29, 1.82) is 0 Å². The first-order valence-corrected chi connectivity index (χ1v) is 14.5. The van der Waals surface area contributed by atoms with Gasteiger partial charge in [0.15, 0.2) is 10.7 Å². The number of carbonyl (C=O) groups is 1. The lowest BCUT2D eigenvalue weighted by Crippen LogP contribution is -2.44. The Morgan fingerprint density at radius 2 is 1.90 bits per heavy atom. The van der Waals surface area contributed by atoms with Crippen LogP contribution in [0.4, 0.5) is 5.88 Å². The van der Waals surface area contributed by atoms with E-state index in [1.165, 1.54) is 11.3 Å². The molecule has 212 valence electrons. The summed E-state index contributed by atoms with van der Waals surface area (Å²) in [6.45, 7) is 7.44. The molecule has 0 amide bonds. The van der Waals surface area contributed by atoms with Crippen LogP contribution in [-0.4, -0.2) is 62.4 Å². The molecule has 0 bridgehead atoms. The molecular formula is C31H32N4O5S. The molecule has 4 aromatic rings. The van der Waals surface area contributed by atoms with Crippen LogP contribution in [-0.2, 0) is 9.53 Å². The van der Waals surface area contributed by atoms with Gasteiger partial charge in [0.1, 0.15) is 17.6 Å². The number of piperazine rings is 1. The second-order valence-electron chi connectivity index (χ2n) is 10.2. The highest BCUT2D eigenvalue weighted by Gasteiger charge is 2.36. The zero-order valence-corrected chi connectivity index (χ0v) is 24.4. The van der Waals surface area contributed by atoms with Gasteiger partial charge in [-0.15, -0.1) is 0 Å². The van der Waals surface area contributed by atoms with Gasteiger partial charge in [-0.25, -0.2) is 9.79 Å². The molecule has 4 heterocycles. The van der Waals surface area contributed by atoms with Crippen LogP contribution in [0.3, 0.4) is 0 Å². The SMILES string of the molecule is CCOC(=O)C1=C(C)N=c2s/c(=C/c3ccc(N4CCN(C)CC4)o3)c(=O)n2[C@H]1c1c(OC)ccc2ccccc12. The van der Waals surface area contributed by atoms with Crippen LogP contribution in [0.25, 0.3) is 16.8 Å². The number of nitrogens with zero attached hydrogens (tertiary/aromatic N) is 4. The second-order valence-corrected chi connectivity index (χ2v) is 11.2. The summed E-state index contributed by atoms with van der Waals surface area (Å²) in [5.41, 5.74) is 1.27. The number of rotatable bonds is 6. The molecule has 1 fully saturated rings. The summed E-state index contributed by atoms with van der Waals surface area (Å²) in [6.07, 6.45) is 1.75. The van der Waals surface area contributed by atoms with Crippen molar-refractivity contribution < 1.29 is 18.7 Å². The molecule has 2 aromatic heterocycles. The Labute approximate surface area is 241 Å². The number of thiazole rings is 1. The summed E-state index contributed by atoms with van der Waals surface area (Å²) in [6, 6.07) is 14.7. The molecule has 0 saturated carbocycles. The monoisotopic (exact) mass is 572 g/mol. The number of hydrogen-bond acceptors (Lipinski definition) is 9.